The van der Waals surface area contributed by atoms with Gasteiger partial charge >= 0.3 is 0 Å². The molecule has 0 spiro atoms. The topological polar surface area (TPSA) is 145 Å². The van der Waals surface area contributed by atoms with E-state index in [1.54, 1.807) is 6.92 Å². The number of hydrogen-bond donors (Lipinski definition) is 1. The van der Waals surface area contributed by atoms with Crippen molar-refractivity contribution in [2.45, 2.75) is 11.8 Å². The summed E-state index contributed by atoms with van der Waals surface area (Å²) in [6.45, 7) is 1.69. The number of rotatable bonds is 3. The minimum absolute atomic E-state index is 0.0477. The van der Waals surface area contributed by atoms with Crippen LogP contribution in [-0.2, 0) is 10.0 Å². The second kappa shape index (κ2) is 5.63. The summed E-state index contributed by atoms with van der Waals surface area (Å²) < 4.78 is 27.8. The molecule has 0 fully saturated rings. The van der Waals surface area contributed by atoms with Gasteiger partial charge in [0.05, 0.1) is 9.85 Å². The zero-order valence-corrected chi connectivity index (χ0v) is 13.5. The number of nitrogens with one attached hydrogen (secondary N) is 1. The van der Waals surface area contributed by atoms with Gasteiger partial charge in [-0.15, -0.1) is 4.40 Å². The Kier molecular flexibility index (Phi) is 3.72. The zero-order valence-electron chi connectivity index (χ0n) is 12.7. The molecule has 0 amide bonds. The van der Waals surface area contributed by atoms with Gasteiger partial charge in [-0.1, -0.05) is 6.07 Å². The van der Waals surface area contributed by atoms with Gasteiger partial charge in [0.2, 0.25) is 0 Å². The molecule has 0 saturated heterocycles. The van der Waals surface area contributed by atoms with Gasteiger partial charge < -0.3 is 5.32 Å². The van der Waals surface area contributed by atoms with E-state index in [4.69, 9.17) is 0 Å². The number of hydrogen-bond acceptors (Lipinski definition) is 7. The summed E-state index contributed by atoms with van der Waals surface area (Å²) >= 11 is 0. The minimum Gasteiger partial charge on any atom is -0.339 e. The van der Waals surface area contributed by atoms with Crippen molar-refractivity contribution in [3.8, 4) is 0 Å². The molecule has 10 nitrogen and oxygen atoms in total. The summed E-state index contributed by atoms with van der Waals surface area (Å²) in [5, 5.41) is 24.5. The van der Waals surface area contributed by atoms with Crippen LogP contribution in [0.25, 0.3) is 0 Å². The van der Waals surface area contributed by atoms with E-state index in [2.05, 4.69) is 9.71 Å². The van der Waals surface area contributed by atoms with E-state index in [1.165, 1.54) is 24.3 Å². The first kappa shape index (κ1) is 16.5. The molecule has 3 rings (SSSR count). The number of nitrogens with zero attached hydrogens (tertiary/aromatic N) is 3. The van der Waals surface area contributed by atoms with Crippen LogP contribution in [0.1, 0.15) is 11.1 Å². The van der Waals surface area contributed by atoms with Crippen LogP contribution in [0.15, 0.2) is 45.7 Å². The maximum Gasteiger partial charge on any atom is 0.285 e. The lowest BCUT2D eigenvalue weighted by Gasteiger charge is -2.09. The molecule has 2 aromatic carbocycles. The third-order valence-electron chi connectivity index (χ3n) is 3.61. The number of fused-ring (bicyclic) bond motifs is 1. The summed E-state index contributed by atoms with van der Waals surface area (Å²) in [4.78, 5) is 20.2. The SMILES string of the molecule is Cc1ccc([N+](=O)[O-])cc1NC1=NS(=O)(=O)c2cc([N+](=O)[O-])ccc21. The second-order valence-corrected chi connectivity index (χ2v) is 6.81. The van der Waals surface area contributed by atoms with E-state index in [0.717, 1.165) is 12.1 Å². The maximum absolute atomic E-state index is 12.1. The molecule has 0 aliphatic carbocycles. The number of amidine groups is 1. The first-order valence-corrected chi connectivity index (χ1v) is 8.29. The lowest BCUT2D eigenvalue weighted by Crippen LogP contribution is -2.12. The number of non-ortho nitro benzene ring substituents is 2. The van der Waals surface area contributed by atoms with Crippen LogP contribution >= 0.6 is 0 Å². The van der Waals surface area contributed by atoms with Crippen molar-refractivity contribution < 1.29 is 18.3 Å². The molecule has 0 saturated carbocycles. The highest BCUT2D eigenvalue weighted by Crippen LogP contribution is 2.31. The monoisotopic (exact) mass is 362 g/mol. The first-order valence-electron chi connectivity index (χ1n) is 6.85. The predicted octanol–water partition coefficient (Wildman–Crippen LogP) is 2.37. The highest BCUT2D eigenvalue weighted by molar-refractivity contribution is 7.90. The van der Waals surface area contributed by atoms with E-state index in [-0.39, 0.29) is 27.7 Å². The van der Waals surface area contributed by atoms with Gasteiger partial charge in [0, 0.05) is 35.5 Å². The fourth-order valence-corrected chi connectivity index (χ4v) is 3.52. The third kappa shape index (κ3) is 2.92. The standard InChI is InChI=1S/C14H10N4O6S/c1-8-2-3-9(17(19)20)6-12(8)15-14-11-5-4-10(18(21)22)7-13(11)25(23,24)16-14/h2-7H,1H3,(H,15,16). The molecule has 1 heterocycles. The Morgan fingerprint density at radius 1 is 1.00 bits per heavy atom. The maximum atomic E-state index is 12.1. The summed E-state index contributed by atoms with van der Waals surface area (Å²) in [6, 6.07) is 7.47. The van der Waals surface area contributed by atoms with Crippen molar-refractivity contribution in [1.29, 1.82) is 0 Å². The molecule has 25 heavy (non-hydrogen) atoms. The molecule has 1 aliphatic rings. The molecule has 0 atom stereocenters. The lowest BCUT2D eigenvalue weighted by atomic mass is 10.1. The predicted molar refractivity (Wildman–Crippen MR) is 88.3 cm³/mol. The van der Waals surface area contributed by atoms with E-state index in [1.807, 2.05) is 0 Å². The highest BCUT2D eigenvalue weighted by Gasteiger charge is 2.31. The molecular weight excluding hydrogens is 352 g/mol. The van der Waals surface area contributed by atoms with Gasteiger partial charge in [-0.25, -0.2) is 0 Å². The Bertz CT molecular complexity index is 1060. The number of benzene rings is 2. The normalized spacial score (nSPS) is 14.5. The van der Waals surface area contributed by atoms with Gasteiger partial charge in [0.15, 0.2) is 5.84 Å². The largest absolute Gasteiger partial charge is 0.339 e. The quantitative estimate of drug-likeness (QED) is 0.651. The van der Waals surface area contributed by atoms with Crippen LogP contribution in [0, 0.1) is 27.2 Å². The number of anilines is 1. The van der Waals surface area contributed by atoms with Crippen LogP contribution < -0.4 is 5.32 Å². The molecule has 128 valence electrons. The highest BCUT2D eigenvalue weighted by atomic mass is 32.2. The minimum atomic E-state index is -4.08. The van der Waals surface area contributed by atoms with E-state index >= 15 is 0 Å². The van der Waals surface area contributed by atoms with Gasteiger partial charge in [-0.3, -0.25) is 20.2 Å². The smallest absolute Gasteiger partial charge is 0.285 e. The van der Waals surface area contributed by atoms with E-state index in [9.17, 15) is 28.6 Å². The van der Waals surface area contributed by atoms with Crippen LogP contribution in [0.4, 0.5) is 17.1 Å². The summed E-state index contributed by atoms with van der Waals surface area (Å²) in [5.74, 6) is -0.0477. The fraction of sp³-hybridized carbons (Fsp3) is 0.0714. The van der Waals surface area contributed by atoms with Gasteiger partial charge in [-0.05, 0) is 18.6 Å². The van der Waals surface area contributed by atoms with Crippen molar-refractivity contribution in [3.63, 3.8) is 0 Å². The molecule has 0 aromatic heterocycles. The molecule has 0 unspecified atom stereocenters. The van der Waals surface area contributed by atoms with Crippen molar-refractivity contribution in [2.24, 2.45) is 4.40 Å². The number of nitro benzene ring substituents is 2. The molecule has 1 aliphatic heterocycles. The van der Waals surface area contributed by atoms with Gasteiger partial charge in [-0.2, -0.15) is 8.42 Å². The van der Waals surface area contributed by atoms with E-state index in [0.29, 0.717) is 11.3 Å². The third-order valence-corrected chi connectivity index (χ3v) is 4.92. The van der Waals surface area contributed by atoms with E-state index < -0.39 is 19.9 Å². The summed E-state index contributed by atoms with van der Waals surface area (Å²) in [5.41, 5.74) is 0.579. The van der Waals surface area contributed by atoms with Gasteiger partial charge in [0.25, 0.3) is 21.4 Å². The second-order valence-electron chi connectivity index (χ2n) is 5.23. The van der Waals surface area contributed by atoms with Crippen LogP contribution in [0.5, 0.6) is 0 Å². The Labute approximate surface area is 141 Å². The van der Waals surface area contributed by atoms with Crippen LogP contribution in [0.3, 0.4) is 0 Å². The molecule has 0 radical (unpaired) electrons. The number of nitro groups is 2. The Hall–Kier alpha value is -3.34. The number of sulfonamides is 1. The molecular formula is C14H10N4O6S. The average molecular weight is 362 g/mol. The molecule has 0 bridgehead atoms. The Morgan fingerprint density at radius 3 is 2.24 bits per heavy atom. The van der Waals surface area contributed by atoms with Gasteiger partial charge in [0.1, 0.15) is 4.90 Å². The fourth-order valence-electron chi connectivity index (χ4n) is 2.33. The van der Waals surface area contributed by atoms with Crippen molar-refractivity contribution in [3.05, 3.63) is 67.8 Å². The van der Waals surface area contributed by atoms with Crippen molar-refractivity contribution in [2.75, 3.05) is 5.32 Å². The average Bonchev–Trinajstić information content (AvgIpc) is 2.79. The van der Waals surface area contributed by atoms with Crippen LogP contribution in [-0.4, -0.2) is 24.1 Å². The summed E-state index contributed by atoms with van der Waals surface area (Å²) in [7, 11) is -4.08. The Balaban J connectivity index is 2.06. The van der Waals surface area contributed by atoms with Crippen molar-refractivity contribution in [1.82, 2.24) is 0 Å². The Morgan fingerprint density at radius 2 is 1.60 bits per heavy atom. The lowest BCUT2D eigenvalue weighted by molar-refractivity contribution is -0.385. The molecule has 1 N–H and O–H groups in total. The van der Waals surface area contributed by atoms with Crippen molar-refractivity contribution >= 4 is 32.9 Å². The molecule has 11 heteroatoms. The molecule has 2 aromatic rings. The zero-order chi connectivity index (χ0) is 18.4. The number of aryl methyl sites for hydroxylation is 1. The summed E-state index contributed by atoms with van der Waals surface area (Å²) in [6.07, 6.45) is 0. The first-order chi connectivity index (χ1) is 11.7. The van der Waals surface area contributed by atoms with Crippen LogP contribution in [0.2, 0.25) is 0 Å².